The molecule has 1 fully saturated rings. The van der Waals surface area contributed by atoms with Crippen molar-refractivity contribution in [2.45, 2.75) is 25.7 Å². The molecule has 114 valence electrons. The van der Waals surface area contributed by atoms with Crippen LogP contribution >= 0.6 is 11.3 Å². The number of hydrogen-bond donors (Lipinski definition) is 0. The molecule has 1 atom stereocenters. The van der Waals surface area contributed by atoms with Gasteiger partial charge in [0.15, 0.2) is 0 Å². The molecule has 3 rings (SSSR count). The van der Waals surface area contributed by atoms with Crippen LogP contribution in [-0.4, -0.2) is 41.8 Å². The molecule has 0 bridgehead atoms. The molecule has 0 saturated carbocycles. The number of rotatable bonds is 4. The summed E-state index contributed by atoms with van der Waals surface area (Å²) in [4.78, 5) is 0. The standard InChI is InChI=1S/C13H17N3O3S2/c1-2-21(17,18)16-6-3-4-10(8-16)12-14-15-13(19-12)11-5-7-20-9-11/h5,7,9-10H,2-4,6,8H2,1H3. The summed E-state index contributed by atoms with van der Waals surface area (Å²) in [6.45, 7) is 2.68. The molecule has 0 N–H and O–H groups in total. The maximum Gasteiger partial charge on any atom is 0.248 e. The number of piperidine rings is 1. The predicted molar refractivity (Wildman–Crippen MR) is 80.6 cm³/mol. The fourth-order valence-corrected chi connectivity index (χ4v) is 4.29. The Morgan fingerprint density at radius 2 is 2.33 bits per heavy atom. The summed E-state index contributed by atoms with van der Waals surface area (Å²) in [5.41, 5.74) is 0.910. The molecular formula is C13H17N3O3S2. The topological polar surface area (TPSA) is 76.3 Å². The molecule has 6 nitrogen and oxygen atoms in total. The van der Waals surface area contributed by atoms with Gasteiger partial charge in [0.05, 0.1) is 11.7 Å². The monoisotopic (exact) mass is 327 g/mol. The Labute approximate surface area is 127 Å². The minimum Gasteiger partial charge on any atom is -0.420 e. The molecule has 1 saturated heterocycles. The zero-order chi connectivity index (χ0) is 14.9. The van der Waals surface area contributed by atoms with E-state index in [1.165, 1.54) is 4.31 Å². The summed E-state index contributed by atoms with van der Waals surface area (Å²) in [7, 11) is -3.15. The Balaban J connectivity index is 1.78. The van der Waals surface area contributed by atoms with E-state index in [2.05, 4.69) is 10.2 Å². The third-order valence-electron chi connectivity index (χ3n) is 3.70. The number of sulfonamides is 1. The van der Waals surface area contributed by atoms with Crippen molar-refractivity contribution in [2.24, 2.45) is 0 Å². The molecule has 0 radical (unpaired) electrons. The summed E-state index contributed by atoms with van der Waals surface area (Å²) >= 11 is 1.57. The highest BCUT2D eigenvalue weighted by molar-refractivity contribution is 7.89. The Morgan fingerprint density at radius 1 is 1.48 bits per heavy atom. The van der Waals surface area contributed by atoms with E-state index in [1.807, 2.05) is 16.8 Å². The minimum absolute atomic E-state index is 0.0139. The molecule has 2 aromatic rings. The zero-order valence-corrected chi connectivity index (χ0v) is 13.4. The Kier molecular flexibility index (Phi) is 4.10. The molecule has 1 aliphatic heterocycles. The van der Waals surface area contributed by atoms with Crippen molar-refractivity contribution < 1.29 is 12.8 Å². The first-order chi connectivity index (χ1) is 10.1. The average Bonchev–Trinajstić information content (AvgIpc) is 3.18. The summed E-state index contributed by atoms with van der Waals surface area (Å²) in [5.74, 6) is 1.15. The number of aromatic nitrogens is 2. The van der Waals surface area contributed by atoms with E-state index in [4.69, 9.17) is 4.42 Å². The van der Waals surface area contributed by atoms with Gasteiger partial charge in [0, 0.05) is 24.0 Å². The first-order valence-electron chi connectivity index (χ1n) is 6.94. The molecule has 0 aliphatic carbocycles. The summed E-state index contributed by atoms with van der Waals surface area (Å²) in [5, 5.41) is 12.1. The SMILES string of the molecule is CCS(=O)(=O)N1CCCC(c2nnc(-c3ccsc3)o2)C1. The van der Waals surface area contributed by atoms with E-state index >= 15 is 0 Å². The van der Waals surface area contributed by atoms with Crippen molar-refractivity contribution >= 4 is 21.4 Å². The van der Waals surface area contributed by atoms with Crippen LogP contribution in [0.1, 0.15) is 31.6 Å². The van der Waals surface area contributed by atoms with Gasteiger partial charge in [-0.25, -0.2) is 12.7 Å². The molecule has 2 aromatic heterocycles. The van der Waals surface area contributed by atoms with Crippen LogP contribution in [0.5, 0.6) is 0 Å². The van der Waals surface area contributed by atoms with Crippen LogP contribution in [-0.2, 0) is 10.0 Å². The summed E-state index contributed by atoms with van der Waals surface area (Å²) in [6, 6.07) is 1.93. The van der Waals surface area contributed by atoms with Gasteiger partial charge in [-0.15, -0.1) is 10.2 Å². The van der Waals surface area contributed by atoms with Crippen LogP contribution in [0.25, 0.3) is 11.5 Å². The van der Waals surface area contributed by atoms with Gasteiger partial charge in [-0.3, -0.25) is 0 Å². The highest BCUT2D eigenvalue weighted by Gasteiger charge is 2.31. The third kappa shape index (κ3) is 3.02. The van der Waals surface area contributed by atoms with Crippen LogP contribution in [0.15, 0.2) is 21.2 Å². The van der Waals surface area contributed by atoms with Crippen LogP contribution < -0.4 is 0 Å². The predicted octanol–water partition coefficient (Wildman–Crippen LogP) is 2.33. The quantitative estimate of drug-likeness (QED) is 0.861. The smallest absolute Gasteiger partial charge is 0.248 e. The van der Waals surface area contributed by atoms with Crippen molar-refractivity contribution in [1.29, 1.82) is 0 Å². The van der Waals surface area contributed by atoms with Gasteiger partial charge >= 0.3 is 0 Å². The first-order valence-corrected chi connectivity index (χ1v) is 9.49. The van der Waals surface area contributed by atoms with E-state index in [1.54, 1.807) is 18.3 Å². The number of nitrogens with zero attached hydrogens (tertiary/aromatic N) is 3. The van der Waals surface area contributed by atoms with Crippen LogP contribution in [0.2, 0.25) is 0 Å². The fourth-order valence-electron chi connectivity index (χ4n) is 2.48. The molecule has 0 aromatic carbocycles. The minimum atomic E-state index is -3.15. The van der Waals surface area contributed by atoms with Gasteiger partial charge in [0.1, 0.15) is 0 Å². The Bertz CT molecular complexity index is 694. The molecule has 8 heteroatoms. The largest absolute Gasteiger partial charge is 0.420 e. The lowest BCUT2D eigenvalue weighted by Gasteiger charge is -2.29. The highest BCUT2D eigenvalue weighted by atomic mass is 32.2. The summed E-state index contributed by atoms with van der Waals surface area (Å²) in [6.07, 6.45) is 1.70. The van der Waals surface area contributed by atoms with Gasteiger partial charge in [-0.2, -0.15) is 11.3 Å². The van der Waals surface area contributed by atoms with Gasteiger partial charge in [0.2, 0.25) is 21.8 Å². The molecular weight excluding hydrogens is 310 g/mol. The van der Waals surface area contributed by atoms with E-state index in [9.17, 15) is 8.42 Å². The third-order valence-corrected chi connectivity index (χ3v) is 6.23. The van der Waals surface area contributed by atoms with Crippen LogP contribution in [0.4, 0.5) is 0 Å². The van der Waals surface area contributed by atoms with Gasteiger partial charge in [-0.05, 0) is 31.2 Å². The molecule has 0 spiro atoms. The van der Waals surface area contributed by atoms with Crippen molar-refractivity contribution in [2.75, 3.05) is 18.8 Å². The van der Waals surface area contributed by atoms with E-state index in [0.29, 0.717) is 24.9 Å². The molecule has 0 amide bonds. The Morgan fingerprint density at radius 3 is 3.05 bits per heavy atom. The molecule has 3 heterocycles. The van der Waals surface area contributed by atoms with Gasteiger partial charge in [-0.1, -0.05) is 0 Å². The van der Waals surface area contributed by atoms with Crippen molar-refractivity contribution in [1.82, 2.24) is 14.5 Å². The number of thiophene rings is 1. The average molecular weight is 327 g/mol. The highest BCUT2D eigenvalue weighted by Crippen LogP contribution is 2.30. The van der Waals surface area contributed by atoms with Gasteiger partial charge in [0.25, 0.3) is 0 Å². The summed E-state index contributed by atoms with van der Waals surface area (Å²) < 4.78 is 31.2. The van der Waals surface area contributed by atoms with Crippen LogP contribution in [0.3, 0.4) is 0 Å². The van der Waals surface area contributed by atoms with E-state index < -0.39 is 10.0 Å². The lowest BCUT2D eigenvalue weighted by molar-refractivity contribution is 0.286. The second-order valence-corrected chi connectivity index (χ2v) is 8.09. The maximum atomic E-state index is 12.0. The van der Waals surface area contributed by atoms with Crippen molar-refractivity contribution in [3.8, 4) is 11.5 Å². The normalized spacial score (nSPS) is 20.7. The van der Waals surface area contributed by atoms with E-state index in [-0.39, 0.29) is 11.7 Å². The van der Waals surface area contributed by atoms with Gasteiger partial charge < -0.3 is 4.42 Å². The lowest BCUT2D eigenvalue weighted by Crippen LogP contribution is -2.39. The van der Waals surface area contributed by atoms with Crippen molar-refractivity contribution in [3.63, 3.8) is 0 Å². The number of hydrogen-bond acceptors (Lipinski definition) is 6. The van der Waals surface area contributed by atoms with Crippen molar-refractivity contribution in [3.05, 3.63) is 22.7 Å². The lowest BCUT2D eigenvalue weighted by atomic mass is 10.00. The maximum absolute atomic E-state index is 12.0. The Hall–Kier alpha value is -1.25. The molecule has 1 unspecified atom stereocenters. The van der Waals surface area contributed by atoms with E-state index in [0.717, 1.165) is 18.4 Å². The molecule has 21 heavy (non-hydrogen) atoms. The molecule has 1 aliphatic rings. The first kappa shape index (κ1) is 14.7. The zero-order valence-electron chi connectivity index (χ0n) is 11.7. The van der Waals surface area contributed by atoms with Crippen LogP contribution in [0, 0.1) is 0 Å². The second kappa shape index (κ2) is 5.86. The fraction of sp³-hybridized carbons (Fsp3) is 0.538. The second-order valence-electron chi connectivity index (χ2n) is 5.06.